The molecule has 1 aromatic carbocycles. The number of hydrogen-bond acceptors (Lipinski definition) is 5. The number of thiophene rings is 1. The van der Waals surface area contributed by atoms with E-state index in [0.29, 0.717) is 17.3 Å². The van der Waals surface area contributed by atoms with E-state index in [2.05, 4.69) is 5.32 Å². The highest BCUT2D eigenvalue weighted by Gasteiger charge is 2.28. The van der Waals surface area contributed by atoms with E-state index in [1.807, 2.05) is 0 Å². The fourth-order valence-electron chi connectivity index (χ4n) is 3.00. The SMILES string of the molecule is Cl.NCC1CCCC1NC(=O)c1cc2cc([N+](=O)[O-])ccc2s1. The maximum atomic E-state index is 12.4. The highest BCUT2D eigenvalue weighted by Crippen LogP contribution is 2.30. The van der Waals surface area contributed by atoms with Gasteiger partial charge in [0.2, 0.25) is 0 Å². The predicted molar refractivity (Wildman–Crippen MR) is 93.4 cm³/mol. The average molecular weight is 356 g/mol. The second-order valence-electron chi connectivity index (χ2n) is 5.60. The number of nitrogens with one attached hydrogen (secondary N) is 1. The van der Waals surface area contributed by atoms with Crippen molar-refractivity contribution in [2.75, 3.05) is 6.54 Å². The number of nitro groups is 1. The van der Waals surface area contributed by atoms with Gasteiger partial charge >= 0.3 is 0 Å². The number of fused-ring (bicyclic) bond motifs is 1. The van der Waals surface area contributed by atoms with Crippen molar-refractivity contribution in [2.45, 2.75) is 25.3 Å². The van der Waals surface area contributed by atoms with Crippen molar-refractivity contribution in [1.29, 1.82) is 0 Å². The first-order chi connectivity index (χ1) is 10.6. The van der Waals surface area contributed by atoms with Crippen LogP contribution in [0, 0.1) is 16.0 Å². The molecule has 2 atom stereocenters. The molecule has 2 unspecified atom stereocenters. The summed E-state index contributed by atoms with van der Waals surface area (Å²) in [5.41, 5.74) is 5.77. The largest absolute Gasteiger partial charge is 0.348 e. The Kier molecular flexibility index (Phi) is 5.56. The Morgan fingerprint density at radius 3 is 2.87 bits per heavy atom. The van der Waals surface area contributed by atoms with Gasteiger partial charge in [0.05, 0.1) is 9.80 Å². The highest BCUT2D eigenvalue weighted by molar-refractivity contribution is 7.20. The summed E-state index contributed by atoms with van der Waals surface area (Å²) >= 11 is 1.35. The van der Waals surface area contributed by atoms with Gasteiger partial charge in [-0.05, 0) is 37.4 Å². The summed E-state index contributed by atoms with van der Waals surface area (Å²) in [5, 5.41) is 14.6. The minimum Gasteiger partial charge on any atom is -0.348 e. The normalized spacial score (nSPS) is 20.2. The van der Waals surface area contributed by atoms with E-state index in [0.717, 1.165) is 29.3 Å². The first-order valence-electron chi connectivity index (χ1n) is 7.27. The molecule has 0 radical (unpaired) electrons. The minimum atomic E-state index is -0.429. The maximum absolute atomic E-state index is 12.4. The summed E-state index contributed by atoms with van der Waals surface area (Å²) in [7, 11) is 0. The van der Waals surface area contributed by atoms with Crippen molar-refractivity contribution in [3.05, 3.63) is 39.3 Å². The number of nitrogens with two attached hydrogens (primary N) is 1. The molecule has 8 heteroatoms. The standard InChI is InChI=1S/C15H17N3O3S.ClH/c16-8-9-2-1-3-12(9)17-15(19)14-7-10-6-11(18(20)21)4-5-13(10)22-14;/h4-7,9,12H,1-3,8,16H2,(H,17,19);1H. The van der Waals surface area contributed by atoms with Crippen LogP contribution in [0.5, 0.6) is 0 Å². The molecule has 1 aromatic heterocycles. The minimum absolute atomic E-state index is 0. The van der Waals surface area contributed by atoms with Crippen molar-refractivity contribution >= 4 is 45.4 Å². The van der Waals surface area contributed by atoms with Crippen molar-refractivity contribution < 1.29 is 9.72 Å². The highest BCUT2D eigenvalue weighted by atomic mass is 35.5. The first kappa shape index (κ1) is 17.7. The lowest BCUT2D eigenvalue weighted by molar-refractivity contribution is -0.384. The van der Waals surface area contributed by atoms with Gasteiger partial charge in [-0.3, -0.25) is 14.9 Å². The number of carbonyl (C=O) groups is 1. The molecular weight excluding hydrogens is 338 g/mol. The zero-order valence-corrected chi connectivity index (χ0v) is 14.0. The van der Waals surface area contributed by atoms with Gasteiger partial charge < -0.3 is 11.1 Å². The van der Waals surface area contributed by atoms with Gasteiger partial charge in [0.1, 0.15) is 0 Å². The van der Waals surface area contributed by atoms with E-state index in [9.17, 15) is 14.9 Å². The molecule has 3 N–H and O–H groups in total. The monoisotopic (exact) mass is 355 g/mol. The maximum Gasteiger partial charge on any atom is 0.270 e. The third-order valence-electron chi connectivity index (χ3n) is 4.21. The van der Waals surface area contributed by atoms with Crippen LogP contribution in [0.3, 0.4) is 0 Å². The van der Waals surface area contributed by atoms with Crippen LogP contribution < -0.4 is 11.1 Å². The Bertz CT molecular complexity index is 734. The predicted octanol–water partition coefficient (Wildman–Crippen LogP) is 3.09. The van der Waals surface area contributed by atoms with Gasteiger partial charge in [-0.25, -0.2) is 0 Å². The molecule has 6 nitrogen and oxygen atoms in total. The smallest absolute Gasteiger partial charge is 0.270 e. The van der Waals surface area contributed by atoms with Crippen LogP contribution in [0.4, 0.5) is 5.69 Å². The molecule has 1 fully saturated rings. The summed E-state index contributed by atoms with van der Waals surface area (Å²) in [6.07, 6.45) is 3.11. The molecule has 1 aliphatic carbocycles. The van der Waals surface area contributed by atoms with Crippen molar-refractivity contribution in [3.63, 3.8) is 0 Å². The van der Waals surface area contributed by atoms with E-state index in [1.54, 1.807) is 12.1 Å². The van der Waals surface area contributed by atoms with E-state index in [4.69, 9.17) is 5.73 Å². The summed E-state index contributed by atoms with van der Waals surface area (Å²) < 4.78 is 0.873. The van der Waals surface area contributed by atoms with Gasteiger partial charge in [0, 0.05) is 28.3 Å². The number of rotatable bonds is 4. The van der Waals surface area contributed by atoms with E-state index < -0.39 is 4.92 Å². The summed E-state index contributed by atoms with van der Waals surface area (Å²) in [6.45, 7) is 0.587. The number of benzene rings is 1. The molecule has 0 bridgehead atoms. The van der Waals surface area contributed by atoms with Crippen molar-refractivity contribution in [1.82, 2.24) is 5.32 Å². The van der Waals surface area contributed by atoms with Crippen molar-refractivity contribution in [3.8, 4) is 0 Å². The van der Waals surface area contributed by atoms with Crippen LogP contribution in [0.1, 0.15) is 28.9 Å². The van der Waals surface area contributed by atoms with Gasteiger partial charge in [-0.1, -0.05) is 6.42 Å². The average Bonchev–Trinajstić information content (AvgIpc) is 3.11. The molecule has 0 saturated heterocycles. The quantitative estimate of drug-likeness (QED) is 0.650. The molecule has 3 rings (SSSR count). The topological polar surface area (TPSA) is 98.3 Å². The zero-order chi connectivity index (χ0) is 15.7. The van der Waals surface area contributed by atoms with Gasteiger partial charge in [0.15, 0.2) is 0 Å². The Balaban J connectivity index is 0.00000192. The summed E-state index contributed by atoms with van der Waals surface area (Å²) in [5.74, 6) is 0.230. The molecule has 2 aromatic rings. The van der Waals surface area contributed by atoms with Crippen LogP contribution in [-0.4, -0.2) is 23.4 Å². The van der Waals surface area contributed by atoms with Gasteiger partial charge in [-0.15, -0.1) is 23.7 Å². The Labute approximate surface area is 143 Å². The third kappa shape index (κ3) is 3.63. The van der Waals surface area contributed by atoms with Gasteiger partial charge in [-0.2, -0.15) is 0 Å². The van der Waals surface area contributed by atoms with E-state index >= 15 is 0 Å². The van der Waals surface area contributed by atoms with Crippen LogP contribution in [0.25, 0.3) is 10.1 Å². The molecule has 1 amide bonds. The van der Waals surface area contributed by atoms with Crippen LogP contribution in [0.15, 0.2) is 24.3 Å². The second-order valence-corrected chi connectivity index (χ2v) is 6.68. The number of amides is 1. The molecule has 23 heavy (non-hydrogen) atoms. The number of nitro benzene ring substituents is 1. The Hall–Kier alpha value is -1.70. The van der Waals surface area contributed by atoms with Crippen molar-refractivity contribution in [2.24, 2.45) is 11.7 Å². The number of halogens is 1. The lowest BCUT2D eigenvalue weighted by atomic mass is 10.0. The molecule has 1 saturated carbocycles. The lowest BCUT2D eigenvalue weighted by Gasteiger charge is -2.18. The van der Waals surface area contributed by atoms with Crippen LogP contribution >= 0.6 is 23.7 Å². The Morgan fingerprint density at radius 2 is 2.17 bits per heavy atom. The lowest BCUT2D eigenvalue weighted by Crippen LogP contribution is -2.39. The van der Waals surface area contributed by atoms with E-state index in [1.165, 1.54) is 23.5 Å². The van der Waals surface area contributed by atoms with E-state index in [-0.39, 0.29) is 30.0 Å². The summed E-state index contributed by atoms with van der Waals surface area (Å²) in [4.78, 5) is 23.3. The molecule has 1 aliphatic rings. The molecule has 1 heterocycles. The first-order valence-corrected chi connectivity index (χ1v) is 8.09. The number of nitrogens with zero attached hydrogens (tertiary/aromatic N) is 1. The van der Waals surface area contributed by atoms with Gasteiger partial charge in [0.25, 0.3) is 11.6 Å². The number of non-ortho nitro benzene ring substituents is 1. The fourth-order valence-corrected chi connectivity index (χ4v) is 3.95. The summed E-state index contributed by atoms with van der Waals surface area (Å²) in [6, 6.07) is 6.50. The Morgan fingerprint density at radius 1 is 1.39 bits per heavy atom. The second kappa shape index (κ2) is 7.25. The van der Waals surface area contributed by atoms with Crippen LogP contribution in [-0.2, 0) is 0 Å². The zero-order valence-electron chi connectivity index (χ0n) is 12.4. The third-order valence-corrected chi connectivity index (χ3v) is 5.33. The fraction of sp³-hybridized carbons (Fsp3) is 0.400. The molecule has 0 spiro atoms. The molecule has 0 aliphatic heterocycles. The molecule has 124 valence electrons. The number of hydrogen-bond donors (Lipinski definition) is 2. The van der Waals surface area contributed by atoms with Crippen LogP contribution in [0.2, 0.25) is 0 Å². The molecular formula is C15H18ClN3O3S. The number of carbonyl (C=O) groups excluding carboxylic acids is 1.